The molecule has 1 N–H and O–H groups in total. The zero-order valence-electron chi connectivity index (χ0n) is 8.87. The molecule has 2 heteroatoms. The van der Waals surface area contributed by atoms with Crippen molar-refractivity contribution in [1.29, 1.82) is 5.41 Å². The van der Waals surface area contributed by atoms with Crippen LogP contribution >= 0.6 is 0 Å². The maximum atomic E-state index is 8.20. The van der Waals surface area contributed by atoms with E-state index in [1.165, 1.54) is 24.0 Å². The minimum absolute atomic E-state index is 0.388. The highest BCUT2D eigenvalue weighted by Gasteiger charge is 2.32. The molecule has 3 rings (SSSR count). The third kappa shape index (κ3) is 1.36. The number of rotatable bonds is 1. The minimum atomic E-state index is 0.388. The van der Waals surface area contributed by atoms with Gasteiger partial charge in [-0.1, -0.05) is 24.3 Å². The Morgan fingerprint density at radius 3 is 2.67 bits per heavy atom. The average Bonchev–Trinajstić information content (AvgIpc) is 2.72. The van der Waals surface area contributed by atoms with E-state index in [-0.39, 0.29) is 0 Å². The van der Waals surface area contributed by atoms with Gasteiger partial charge < -0.3 is 4.90 Å². The molecule has 0 bridgehead atoms. The Labute approximate surface area is 90.4 Å². The Bertz CT molecular complexity index is 391. The van der Waals surface area contributed by atoms with Crippen LogP contribution in [0.15, 0.2) is 24.3 Å². The zero-order valence-corrected chi connectivity index (χ0v) is 8.87. The van der Waals surface area contributed by atoms with Gasteiger partial charge in [-0.25, -0.2) is 0 Å². The molecule has 2 aliphatic rings. The molecule has 1 unspecified atom stereocenters. The average molecular weight is 200 g/mol. The van der Waals surface area contributed by atoms with Crippen LogP contribution < -0.4 is 0 Å². The molecule has 78 valence electrons. The van der Waals surface area contributed by atoms with Crippen molar-refractivity contribution in [2.45, 2.75) is 25.2 Å². The summed E-state index contributed by atoms with van der Waals surface area (Å²) in [6.07, 6.45) is 3.60. The number of nitrogens with zero attached hydrogens (tertiary/aromatic N) is 1. The van der Waals surface area contributed by atoms with Crippen LogP contribution in [0.5, 0.6) is 0 Å². The summed E-state index contributed by atoms with van der Waals surface area (Å²) in [5.41, 5.74) is 2.82. The third-order valence-electron chi connectivity index (χ3n) is 3.63. The first-order valence-corrected chi connectivity index (χ1v) is 5.77. The zero-order chi connectivity index (χ0) is 10.3. The van der Waals surface area contributed by atoms with Crippen molar-refractivity contribution >= 4 is 5.84 Å². The van der Waals surface area contributed by atoms with Crippen LogP contribution in [-0.2, 0) is 6.42 Å². The van der Waals surface area contributed by atoms with E-state index in [0.717, 1.165) is 25.3 Å². The molecule has 2 nitrogen and oxygen atoms in total. The van der Waals surface area contributed by atoms with Crippen LogP contribution in [0.1, 0.15) is 29.9 Å². The molecule has 1 saturated heterocycles. The predicted molar refractivity (Wildman–Crippen MR) is 61.4 cm³/mol. The SMILES string of the molecule is N=C(C1Cc2ccccc21)N1CCCC1. The van der Waals surface area contributed by atoms with E-state index in [0.29, 0.717) is 5.92 Å². The Morgan fingerprint density at radius 2 is 1.93 bits per heavy atom. The highest BCUT2D eigenvalue weighted by Crippen LogP contribution is 2.36. The van der Waals surface area contributed by atoms with Crippen molar-refractivity contribution in [3.05, 3.63) is 35.4 Å². The normalized spacial score (nSPS) is 23.5. The van der Waals surface area contributed by atoms with E-state index in [2.05, 4.69) is 29.2 Å². The number of amidine groups is 1. The third-order valence-corrected chi connectivity index (χ3v) is 3.63. The van der Waals surface area contributed by atoms with Gasteiger partial charge in [-0.3, -0.25) is 5.41 Å². The summed E-state index contributed by atoms with van der Waals surface area (Å²) in [6.45, 7) is 2.19. The van der Waals surface area contributed by atoms with E-state index in [1.54, 1.807) is 0 Å². The van der Waals surface area contributed by atoms with Gasteiger partial charge in [0.05, 0.1) is 0 Å². The van der Waals surface area contributed by atoms with E-state index in [4.69, 9.17) is 5.41 Å². The molecule has 0 spiro atoms. The van der Waals surface area contributed by atoms with Crippen molar-refractivity contribution in [3.8, 4) is 0 Å². The summed E-state index contributed by atoms with van der Waals surface area (Å²) in [7, 11) is 0. The Hall–Kier alpha value is -1.31. The van der Waals surface area contributed by atoms with Crippen molar-refractivity contribution in [2.75, 3.05) is 13.1 Å². The maximum Gasteiger partial charge on any atom is 0.104 e. The van der Waals surface area contributed by atoms with Crippen LogP contribution in [0, 0.1) is 5.41 Å². The molecule has 1 aliphatic heterocycles. The lowest BCUT2D eigenvalue weighted by molar-refractivity contribution is 0.482. The van der Waals surface area contributed by atoms with Gasteiger partial charge in [0.15, 0.2) is 0 Å². The highest BCUT2D eigenvalue weighted by molar-refractivity contribution is 5.89. The van der Waals surface area contributed by atoms with Gasteiger partial charge in [0.2, 0.25) is 0 Å². The summed E-state index contributed by atoms with van der Waals surface area (Å²) >= 11 is 0. The Balaban J connectivity index is 1.78. The topological polar surface area (TPSA) is 27.1 Å². The molecule has 1 atom stereocenters. The summed E-state index contributed by atoms with van der Waals surface area (Å²) < 4.78 is 0. The molecule has 15 heavy (non-hydrogen) atoms. The number of benzene rings is 1. The number of fused-ring (bicyclic) bond motifs is 1. The summed E-state index contributed by atoms with van der Waals surface area (Å²) in [4.78, 5) is 2.25. The molecular formula is C13H16N2. The van der Waals surface area contributed by atoms with E-state index >= 15 is 0 Å². The molecule has 0 amide bonds. The summed E-state index contributed by atoms with van der Waals surface area (Å²) in [5, 5.41) is 8.20. The van der Waals surface area contributed by atoms with E-state index < -0.39 is 0 Å². The number of hydrogen-bond donors (Lipinski definition) is 1. The van der Waals surface area contributed by atoms with Gasteiger partial charge in [-0.05, 0) is 30.4 Å². The monoisotopic (exact) mass is 200 g/mol. The summed E-state index contributed by atoms with van der Waals surface area (Å²) in [6, 6.07) is 8.54. The van der Waals surface area contributed by atoms with Crippen LogP contribution in [0.3, 0.4) is 0 Å². The van der Waals surface area contributed by atoms with Gasteiger partial charge in [0.1, 0.15) is 5.84 Å². The lowest BCUT2D eigenvalue weighted by atomic mass is 9.76. The molecule has 0 aromatic heterocycles. The molecule has 0 radical (unpaired) electrons. The Kier molecular flexibility index (Phi) is 2.01. The quantitative estimate of drug-likeness (QED) is 0.547. The fourth-order valence-corrected chi connectivity index (χ4v) is 2.68. The smallest absolute Gasteiger partial charge is 0.104 e. The standard InChI is InChI=1S/C13H16N2/c14-13(15-7-3-4-8-15)12-9-10-5-1-2-6-11(10)12/h1-2,5-6,12,14H,3-4,7-9H2. The van der Waals surface area contributed by atoms with Crippen LogP contribution in [0.25, 0.3) is 0 Å². The summed E-state index contributed by atoms with van der Waals surface area (Å²) in [5.74, 6) is 1.24. The van der Waals surface area contributed by atoms with Crippen LogP contribution in [0.2, 0.25) is 0 Å². The van der Waals surface area contributed by atoms with Crippen LogP contribution in [-0.4, -0.2) is 23.8 Å². The van der Waals surface area contributed by atoms with E-state index in [1.807, 2.05) is 0 Å². The molecule has 1 aromatic rings. The number of likely N-dealkylation sites (tertiary alicyclic amines) is 1. The molecule has 0 saturated carbocycles. The first-order valence-electron chi connectivity index (χ1n) is 5.77. The second-order valence-corrected chi connectivity index (χ2v) is 4.53. The van der Waals surface area contributed by atoms with Crippen molar-refractivity contribution < 1.29 is 0 Å². The molecule has 1 heterocycles. The van der Waals surface area contributed by atoms with Crippen molar-refractivity contribution in [3.63, 3.8) is 0 Å². The lowest BCUT2D eigenvalue weighted by Gasteiger charge is -2.34. The number of hydrogen-bond acceptors (Lipinski definition) is 1. The fourth-order valence-electron chi connectivity index (χ4n) is 2.68. The van der Waals surface area contributed by atoms with Crippen molar-refractivity contribution in [1.82, 2.24) is 4.90 Å². The largest absolute Gasteiger partial charge is 0.360 e. The minimum Gasteiger partial charge on any atom is -0.360 e. The van der Waals surface area contributed by atoms with Gasteiger partial charge in [0.25, 0.3) is 0 Å². The fraction of sp³-hybridized carbons (Fsp3) is 0.462. The van der Waals surface area contributed by atoms with Gasteiger partial charge >= 0.3 is 0 Å². The molecule has 1 fully saturated rings. The second kappa shape index (κ2) is 3.37. The predicted octanol–water partition coefficient (Wildman–Crippen LogP) is 2.40. The van der Waals surface area contributed by atoms with Gasteiger partial charge in [-0.2, -0.15) is 0 Å². The van der Waals surface area contributed by atoms with Crippen LogP contribution in [0.4, 0.5) is 0 Å². The molecule has 1 aliphatic carbocycles. The molecular weight excluding hydrogens is 184 g/mol. The van der Waals surface area contributed by atoms with E-state index in [9.17, 15) is 0 Å². The van der Waals surface area contributed by atoms with Crippen molar-refractivity contribution in [2.24, 2.45) is 0 Å². The maximum absolute atomic E-state index is 8.20. The second-order valence-electron chi connectivity index (χ2n) is 4.53. The number of nitrogens with one attached hydrogen (secondary N) is 1. The first kappa shape index (κ1) is 8.96. The van der Waals surface area contributed by atoms with Gasteiger partial charge in [0, 0.05) is 19.0 Å². The Morgan fingerprint density at radius 1 is 1.20 bits per heavy atom. The highest BCUT2D eigenvalue weighted by atomic mass is 15.2. The van der Waals surface area contributed by atoms with Gasteiger partial charge in [-0.15, -0.1) is 0 Å². The first-order chi connectivity index (χ1) is 7.36. The molecule has 1 aromatic carbocycles. The lowest BCUT2D eigenvalue weighted by Crippen LogP contribution is -2.37.